The van der Waals surface area contributed by atoms with E-state index in [2.05, 4.69) is 26.6 Å². The minimum absolute atomic E-state index is 0.508. The lowest BCUT2D eigenvalue weighted by Crippen LogP contribution is -2.48. The summed E-state index contributed by atoms with van der Waals surface area (Å²) in [6.45, 7) is 2.28. The van der Waals surface area contributed by atoms with Crippen molar-refractivity contribution in [3.63, 3.8) is 0 Å². The molecule has 2 aliphatic rings. The molecule has 1 spiro atoms. The molecule has 0 bridgehead atoms. The second-order valence-corrected chi connectivity index (χ2v) is 6.64. The zero-order chi connectivity index (χ0) is 11.6. The van der Waals surface area contributed by atoms with Gasteiger partial charge in [0.2, 0.25) is 0 Å². The van der Waals surface area contributed by atoms with Crippen LogP contribution in [0.25, 0.3) is 0 Å². The van der Waals surface area contributed by atoms with Gasteiger partial charge in [-0.3, -0.25) is 4.98 Å². The van der Waals surface area contributed by atoms with E-state index in [4.69, 9.17) is 0 Å². The van der Waals surface area contributed by atoms with Gasteiger partial charge in [0.25, 0.3) is 0 Å². The number of aromatic nitrogens is 2. The molecule has 0 amide bonds. The maximum absolute atomic E-state index is 4.43. The summed E-state index contributed by atoms with van der Waals surface area (Å²) in [4.78, 5) is 11.0. The second-order valence-electron chi connectivity index (χ2n) is 5.08. The van der Waals surface area contributed by atoms with E-state index in [1.807, 2.05) is 6.20 Å². The molecule has 3 rings (SSSR count). The quantitative estimate of drug-likeness (QED) is 0.765. The first-order valence-electron chi connectivity index (χ1n) is 6.53. The Morgan fingerprint density at radius 3 is 2.82 bits per heavy atom. The van der Waals surface area contributed by atoms with Crippen LogP contribution in [0.2, 0.25) is 0 Å². The van der Waals surface area contributed by atoms with E-state index in [1.54, 1.807) is 12.4 Å². The lowest BCUT2D eigenvalue weighted by atomic mass is 9.87. The number of nitrogens with zero attached hydrogens (tertiary/aromatic N) is 3. The van der Waals surface area contributed by atoms with Crippen LogP contribution >= 0.6 is 11.8 Å². The van der Waals surface area contributed by atoms with Crippen molar-refractivity contribution in [1.29, 1.82) is 0 Å². The van der Waals surface area contributed by atoms with Gasteiger partial charge in [0, 0.05) is 36.0 Å². The third kappa shape index (κ3) is 2.41. The Kier molecular flexibility index (Phi) is 3.23. The SMILES string of the molecule is c1cnc(N2CCSC3(CCCCC3)C2)cn1. The van der Waals surface area contributed by atoms with Crippen LogP contribution in [0.15, 0.2) is 18.6 Å². The maximum Gasteiger partial charge on any atom is 0.147 e. The van der Waals surface area contributed by atoms with Crippen LogP contribution in [0, 0.1) is 0 Å². The van der Waals surface area contributed by atoms with Crippen molar-refractivity contribution in [3.05, 3.63) is 18.6 Å². The Bertz CT molecular complexity index is 357. The average Bonchev–Trinajstić information content (AvgIpc) is 2.41. The Morgan fingerprint density at radius 1 is 1.18 bits per heavy atom. The van der Waals surface area contributed by atoms with Gasteiger partial charge in [-0.1, -0.05) is 19.3 Å². The minimum Gasteiger partial charge on any atom is -0.353 e. The molecule has 1 aromatic rings. The number of thioether (sulfide) groups is 1. The molecule has 0 radical (unpaired) electrons. The lowest BCUT2D eigenvalue weighted by Gasteiger charge is -2.45. The predicted molar refractivity (Wildman–Crippen MR) is 72.5 cm³/mol. The van der Waals surface area contributed by atoms with E-state index in [0.717, 1.165) is 18.9 Å². The van der Waals surface area contributed by atoms with E-state index in [-0.39, 0.29) is 0 Å². The number of hydrogen-bond acceptors (Lipinski definition) is 4. The molecule has 17 heavy (non-hydrogen) atoms. The summed E-state index contributed by atoms with van der Waals surface area (Å²) in [5, 5.41) is 0. The molecule has 0 atom stereocenters. The highest BCUT2D eigenvalue weighted by Gasteiger charge is 2.37. The second kappa shape index (κ2) is 4.84. The maximum atomic E-state index is 4.43. The third-order valence-corrected chi connectivity index (χ3v) is 5.42. The van der Waals surface area contributed by atoms with E-state index < -0.39 is 0 Å². The molecule has 2 fully saturated rings. The first kappa shape index (κ1) is 11.3. The van der Waals surface area contributed by atoms with Crippen LogP contribution < -0.4 is 4.90 Å². The summed E-state index contributed by atoms with van der Waals surface area (Å²) in [5.41, 5.74) is 0. The van der Waals surface area contributed by atoms with Gasteiger partial charge in [-0.2, -0.15) is 11.8 Å². The van der Waals surface area contributed by atoms with Crippen LogP contribution in [0.5, 0.6) is 0 Å². The molecule has 1 saturated heterocycles. The summed E-state index contributed by atoms with van der Waals surface area (Å²) in [7, 11) is 0. The first-order valence-corrected chi connectivity index (χ1v) is 7.52. The van der Waals surface area contributed by atoms with Gasteiger partial charge in [-0.05, 0) is 12.8 Å². The first-order chi connectivity index (χ1) is 8.38. The van der Waals surface area contributed by atoms with Crippen molar-refractivity contribution >= 4 is 17.6 Å². The van der Waals surface area contributed by atoms with E-state index in [0.29, 0.717) is 4.75 Å². The van der Waals surface area contributed by atoms with Crippen LogP contribution in [0.3, 0.4) is 0 Å². The number of rotatable bonds is 1. The van der Waals surface area contributed by atoms with Crippen molar-refractivity contribution in [2.24, 2.45) is 0 Å². The predicted octanol–water partition coefficient (Wildman–Crippen LogP) is 2.73. The van der Waals surface area contributed by atoms with Gasteiger partial charge < -0.3 is 4.90 Å². The molecule has 0 unspecified atom stereocenters. The van der Waals surface area contributed by atoms with Crippen molar-refractivity contribution < 1.29 is 0 Å². The summed E-state index contributed by atoms with van der Waals surface area (Å²) >= 11 is 2.20. The third-order valence-electron chi connectivity index (χ3n) is 3.89. The highest BCUT2D eigenvalue weighted by atomic mass is 32.2. The Hall–Kier alpha value is -0.770. The van der Waals surface area contributed by atoms with Gasteiger partial charge in [-0.15, -0.1) is 0 Å². The number of anilines is 1. The van der Waals surface area contributed by atoms with E-state index in [9.17, 15) is 0 Å². The van der Waals surface area contributed by atoms with Gasteiger partial charge in [0.15, 0.2) is 0 Å². The molecule has 1 aliphatic heterocycles. The Morgan fingerprint density at radius 2 is 2.06 bits per heavy atom. The summed E-state index contributed by atoms with van der Waals surface area (Å²) < 4.78 is 0.508. The fourth-order valence-electron chi connectivity index (χ4n) is 2.99. The fourth-order valence-corrected chi connectivity index (χ4v) is 4.56. The molecule has 1 saturated carbocycles. The standard InChI is InChI=1S/C13H19N3S/c1-2-4-13(5-3-1)11-16(8-9-17-13)12-10-14-6-7-15-12/h6-7,10H,1-5,8-9,11H2. The molecule has 3 nitrogen and oxygen atoms in total. The highest BCUT2D eigenvalue weighted by Crippen LogP contribution is 2.43. The molecular formula is C13H19N3S. The van der Waals surface area contributed by atoms with Gasteiger partial charge in [-0.25, -0.2) is 4.98 Å². The van der Waals surface area contributed by atoms with E-state index in [1.165, 1.54) is 37.9 Å². The van der Waals surface area contributed by atoms with Crippen molar-refractivity contribution in [2.45, 2.75) is 36.9 Å². The zero-order valence-corrected chi connectivity index (χ0v) is 11.0. The monoisotopic (exact) mass is 249 g/mol. The van der Waals surface area contributed by atoms with Gasteiger partial charge in [0.1, 0.15) is 5.82 Å². The molecule has 0 N–H and O–H groups in total. The van der Waals surface area contributed by atoms with Crippen LogP contribution in [0.4, 0.5) is 5.82 Å². The minimum atomic E-state index is 0.508. The topological polar surface area (TPSA) is 29.0 Å². The van der Waals surface area contributed by atoms with Crippen molar-refractivity contribution in [2.75, 3.05) is 23.7 Å². The molecular weight excluding hydrogens is 230 g/mol. The largest absolute Gasteiger partial charge is 0.353 e. The van der Waals surface area contributed by atoms with Crippen LogP contribution in [-0.2, 0) is 0 Å². The van der Waals surface area contributed by atoms with Crippen molar-refractivity contribution in [1.82, 2.24) is 9.97 Å². The van der Waals surface area contributed by atoms with Crippen LogP contribution in [0.1, 0.15) is 32.1 Å². The van der Waals surface area contributed by atoms with E-state index >= 15 is 0 Å². The Labute approximate surface area is 107 Å². The molecule has 0 aromatic carbocycles. The highest BCUT2D eigenvalue weighted by molar-refractivity contribution is 8.00. The summed E-state index contributed by atoms with van der Waals surface area (Å²) in [6.07, 6.45) is 12.4. The smallest absolute Gasteiger partial charge is 0.147 e. The molecule has 92 valence electrons. The fraction of sp³-hybridized carbons (Fsp3) is 0.692. The Balaban J connectivity index is 1.75. The number of hydrogen-bond donors (Lipinski definition) is 0. The zero-order valence-electron chi connectivity index (χ0n) is 10.1. The molecule has 1 aliphatic carbocycles. The van der Waals surface area contributed by atoms with Gasteiger partial charge in [0.05, 0.1) is 6.20 Å². The molecule has 4 heteroatoms. The molecule has 2 heterocycles. The lowest BCUT2D eigenvalue weighted by molar-refractivity contribution is 0.390. The average molecular weight is 249 g/mol. The van der Waals surface area contributed by atoms with Crippen molar-refractivity contribution in [3.8, 4) is 0 Å². The molecule has 1 aromatic heterocycles. The summed E-state index contributed by atoms with van der Waals surface area (Å²) in [6, 6.07) is 0. The normalized spacial score (nSPS) is 23.9. The van der Waals surface area contributed by atoms with Gasteiger partial charge >= 0.3 is 0 Å². The van der Waals surface area contributed by atoms with Crippen LogP contribution in [-0.4, -0.2) is 33.6 Å². The summed E-state index contributed by atoms with van der Waals surface area (Å²) in [5.74, 6) is 2.29.